The highest BCUT2D eigenvalue weighted by Gasteiger charge is 2.28. The lowest BCUT2D eigenvalue weighted by molar-refractivity contribution is -0.121. The van der Waals surface area contributed by atoms with Crippen molar-refractivity contribution in [3.05, 3.63) is 0 Å². The first-order valence-corrected chi connectivity index (χ1v) is 6.82. The zero-order chi connectivity index (χ0) is 12.3. The van der Waals surface area contributed by atoms with Crippen LogP contribution in [0.5, 0.6) is 0 Å². The van der Waals surface area contributed by atoms with E-state index in [1.807, 2.05) is 0 Å². The maximum absolute atomic E-state index is 11.5. The van der Waals surface area contributed by atoms with E-state index < -0.39 is 0 Å². The van der Waals surface area contributed by atoms with Gasteiger partial charge < -0.3 is 4.90 Å². The largest absolute Gasteiger partial charge is 0.304 e. The Morgan fingerprint density at radius 1 is 1.12 bits per heavy atom. The zero-order valence-corrected chi connectivity index (χ0v) is 11.2. The summed E-state index contributed by atoms with van der Waals surface area (Å²) in [6.07, 6.45) is 2.26. The fraction of sp³-hybridized carbons (Fsp3) is 0.923. The van der Waals surface area contributed by atoms with Crippen LogP contribution in [0.25, 0.3) is 0 Å². The normalized spacial score (nSPS) is 28.7. The second kappa shape index (κ2) is 5.94. The van der Waals surface area contributed by atoms with Crippen molar-refractivity contribution in [3.63, 3.8) is 0 Å². The summed E-state index contributed by atoms with van der Waals surface area (Å²) in [5.74, 6) is 0.348. The summed E-state index contributed by atoms with van der Waals surface area (Å²) < 4.78 is 0. The molecule has 1 atom stereocenters. The number of ketones is 1. The average Bonchev–Trinajstić information content (AvgIpc) is 2.76. The summed E-state index contributed by atoms with van der Waals surface area (Å²) in [5.41, 5.74) is 0. The highest BCUT2D eigenvalue weighted by Crippen LogP contribution is 2.17. The van der Waals surface area contributed by atoms with E-state index in [0.717, 1.165) is 26.1 Å². The molecule has 2 heterocycles. The van der Waals surface area contributed by atoms with Crippen LogP contribution in [0.1, 0.15) is 19.8 Å². The molecule has 2 fully saturated rings. The number of piperazine rings is 1. The highest BCUT2D eigenvalue weighted by molar-refractivity contribution is 5.81. The molecule has 0 bridgehead atoms. The molecule has 0 aromatic rings. The van der Waals surface area contributed by atoms with Gasteiger partial charge in [0, 0.05) is 39.3 Å². The van der Waals surface area contributed by atoms with Crippen LogP contribution >= 0.6 is 0 Å². The van der Waals surface area contributed by atoms with Gasteiger partial charge in [-0.1, -0.05) is 0 Å². The van der Waals surface area contributed by atoms with Crippen LogP contribution in [0.2, 0.25) is 0 Å². The Kier molecular flexibility index (Phi) is 4.54. The van der Waals surface area contributed by atoms with E-state index in [0.29, 0.717) is 5.78 Å². The number of hydrogen-bond donors (Lipinski definition) is 0. The molecule has 4 heteroatoms. The maximum Gasteiger partial charge on any atom is 0.146 e. The van der Waals surface area contributed by atoms with Crippen molar-refractivity contribution in [1.82, 2.24) is 14.7 Å². The molecule has 2 aliphatic heterocycles. The standard InChI is InChI=1S/C13H25N3O/c1-12(17)13-4-3-5-16(13)11-10-15-8-6-14(2)7-9-15/h13H,3-11H2,1-2H3. The molecule has 0 amide bonds. The third-order valence-electron chi connectivity index (χ3n) is 4.13. The fourth-order valence-corrected chi connectivity index (χ4v) is 2.90. The van der Waals surface area contributed by atoms with Crippen molar-refractivity contribution < 1.29 is 4.79 Å². The van der Waals surface area contributed by atoms with Crippen molar-refractivity contribution >= 4 is 5.78 Å². The number of likely N-dealkylation sites (tertiary alicyclic amines) is 1. The van der Waals surface area contributed by atoms with E-state index in [-0.39, 0.29) is 6.04 Å². The van der Waals surface area contributed by atoms with Gasteiger partial charge in [-0.2, -0.15) is 0 Å². The monoisotopic (exact) mass is 239 g/mol. The molecule has 0 aromatic heterocycles. The summed E-state index contributed by atoms with van der Waals surface area (Å²) in [7, 11) is 2.18. The van der Waals surface area contributed by atoms with Crippen LogP contribution in [0.4, 0.5) is 0 Å². The number of hydrogen-bond acceptors (Lipinski definition) is 4. The van der Waals surface area contributed by atoms with Crippen LogP contribution in [-0.4, -0.2) is 79.4 Å². The Morgan fingerprint density at radius 3 is 2.47 bits per heavy atom. The molecular formula is C13H25N3O. The summed E-state index contributed by atoms with van der Waals surface area (Å²) in [6, 6.07) is 0.211. The number of nitrogens with zero attached hydrogens (tertiary/aromatic N) is 3. The van der Waals surface area contributed by atoms with Gasteiger partial charge in [-0.05, 0) is 33.4 Å². The number of rotatable bonds is 4. The molecule has 98 valence electrons. The Morgan fingerprint density at radius 2 is 1.82 bits per heavy atom. The van der Waals surface area contributed by atoms with Crippen molar-refractivity contribution in [3.8, 4) is 0 Å². The van der Waals surface area contributed by atoms with E-state index in [1.54, 1.807) is 6.92 Å². The minimum atomic E-state index is 0.211. The van der Waals surface area contributed by atoms with Crippen molar-refractivity contribution in [2.75, 3.05) is 52.9 Å². The molecule has 0 radical (unpaired) electrons. The van der Waals surface area contributed by atoms with Crippen LogP contribution in [-0.2, 0) is 4.79 Å². The molecule has 0 spiro atoms. The molecule has 0 aliphatic carbocycles. The van der Waals surface area contributed by atoms with Gasteiger partial charge in [0.25, 0.3) is 0 Å². The Balaban J connectivity index is 1.72. The van der Waals surface area contributed by atoms with Gasteiger partial charge in [0.2, 0.25) is 0 Å². The molecule has 0 aromatic carbocycles. The average molecular weight is 239 g/mol. The topological polar surface area (TPSA) is 26.8 Å². The molecule has 2 aliphatic rings. The number of carbonyl (C=O) groups is 1. The van der Waals surface area contributed by atoms with Crippen molar-refractivity contribution in [1.29, 1.82) is 0 Å². The van der Waals surface area contributed by atoms with Gasteiger partial charge in [0.05, 0.1) is 6.04 Å². The molecule has 2 rings (SSSR count). The lowest BCUT2D eigenvalue weighted by Gasteiger charge is -2.34. The zero-order valence-electron chi connectivity index (χ0n) is 11.2. The second-order valence-electron chi connectivity index (χ2n) is 5.45. The predicted molar refractivity (Wildman–Crippen MR) is 69.2 cm³/mol. The molecule has 4 nitrogen and oxygen atoms in total. The SMILES string of the molecule is CC(=O)C1CCCN1CCN1CCN(C)CC1. The van der Waals surface area contributed by atoms with Crippen LogP contribution in [0.15, 0.2) is 0 Å². The molecule has 0 saturated carbocycles. The molecule has 0 N–H and O–H groups in total. The van der Waals surface area contributed by atoms with E-state index in [1.165, 1.54) is 32.6 Å². The Hall–Kier alpha value is -0.450. The summed E-state index contributed by atoms with van der Waals surface area (Å²) >= 11 is 0. The van der Waals surface area contributed by atoms with Crippen molar-refractivity contribution in [2.45, 2.75) is 25.8 Å². The van der Waals surface area contributed by atoms with Gasteiger partial charge in [0.15, 0.2) is 0 Å². The molecule has 17 heavy (non-hydrogen) atoms. The third-order valence-corrected chi connectivity index (χ3v) is 4.13. The minimum absolute atomic E-state index is 0.211. The van der Waals surface area contributed by atoms with Crippen LogP contribution in [0, 0.1) is 0 Å². The van der Waals surface area contributed by atoms with Gasteiger partial charge >= 0.3 is 0 Å². The lowest BCUT2D eigenvalue weighted by Crippen LogP contribution is -2.48. The highest BCUT2D eigenvalue weighted by atomic mass is 16.1. The molecule has 2 saturated heterocycles. The van der Waals surface area contributed by atoms with E-state index in [2.05, 4.69) is 21.7 Å². The predicted octanol–water partition coefficient (Wildman–Crippen LogP) is 0.287. The number of likely N-dealkylation sites (N-methyl/N-ethyl adjacent to an activating group) is 1. The van der Waals surface area contributed by atoms with E-state index in [9.17, 15) is 4.79 Å². The first-order chi connectivity index (χ1) is 8.16. The van der Waals surface area contributed by atoms with E-state index in [4.69, 9.17) is 0 Å². The number of carbonyl (C=O) groups excluding carboxylic acids is 1. The fourth-order valence-electron chi connectivity index (χ4n) is 2.90. The quantitative estimate of drug-likeness (QED) is 0.704. The molecular weight excluding hydrogens is 214 g/mol. The Labute approximate surface area is 105 Å². The maximum atomic E-state index is 11.5. The smallest absolute Gasteiger partial charge is 0.146 e. The van der Waals surface area contributed by atoms with Gasteiger partial charge in [-0.25, -0.2) is 0 Å². The third kappa shape index (κ3) is 3.50. The summed E-state index contributed by atoms with van der Waals surface area (Å²) in [4.78, 5) is 18.8. The summed E-state index contributed by atoms with van der Waals surface area (Å²) in [6.45, 7) is 9.73. The first kappa shape index (κ1) is 13.0. The number of Topliss-reactive ketones (excluding diaryl/α,β-unsaturated/α-hetero) is 1. The molecule has 1 unspecified atom stereocenters. The minimum Gasteiger partial charge on any atom is -0.304 e. The summed E-state index contributed by atoms with van der Waals surface area (Å²) in [5, 5.41) is 0. The van der Waals surface area contributed by atoms with Gasteiger partial charge in [-0.15, -0.1) is 0 Å². The first-order valence-electron chi connectivity index (χ1n) is 6.82. The van der Waals surface area contributed by atoms with Gasteiger partial charge in [0.1, 0.15) is 5.78 Å². The van der Waals surface area contributed by atoms with Gasteiger partial charge in [-0.3, -0.25) is 14.6 Å². The lowest BCUT2D eigenvalue weighted by atomic mass is 10.1. The van der Waals surface area contributed by atoms with E-state index >= 15 is 0 Å². The van der Waals surface area contributed by atoms with Crippen molar-refractivity contribution in [2.24, 2.45) is 0 Å². The van der Waals surface area contributed by atoms with Crippen LogP contribution in [0.3, 0.4) is 0 Å². The Bertz CT molecular complexity index is 261. The second-order valence-corrected chi connectivity index (χ2v) is 5.45. The van der Waals surface area contributed by atoms with Crippen LogP contribution < -0.4 is 0 Å².